The molecule has 0 saturated heterocycles. The number of fused-ring (bicyclic) bond motifs is 8. The minimum absolute atomic E-state index is 0.235. The van der Waals surface area contributed by atoms with Crippen LogP contribution in [0.25, 0.3) is 41.2 Å². The van der Waals surface area contributed by atoms with E-state index in [9.17, 15) is 0 Å². The predicted octanol–water partition coefficient (Wildman–Crippen LogP) is 12.0. The van der Waals surface area contributed by atoms with Gasteiger partial charge in [-0.1, -0.05) is 18.2 Å². The van der Waals surface area contributed by atoms with E-state index in [-0.39, 0.29) is 14.5 Å². The molecule has 0 aliphatic heterocycles. The molecule has 0 bridgehead atoms. The van der Waals surface area contributed by atoms with Crippen molar-refractivity contribution in [3.8, 4) is 11.1 Å². The Morgan fingerprint density at radius 2 is 0.939 bits per heavy atom. The molecule has 0 atom stereocenters. The number of hydrogen-bond acceptors (Lipinski definition) is 1. The molecule has 0 spiro atoms. The standard InChI is InChI=1S/C47H31NSe/c1-3-14-33(15-4-1)47(43-21-11-9-19-39(43)40-20-10-12-22-44(40)47)34-24-26-36(27-25-34)48(35-16-5-2-6-17-35)37-28-30-41-42-29-23-32-13-7-8-18-38(32)46(42)49-45(41)31-37/h1-31H. The van der Waals surface area contributed by atoms with E-state index >= 15 is 0 Å². The zero-order valence-corrected chi connectivity index (χ0v) is 28.5. The molecule has 0 fully saturated rings. The van der Waals surface area contributed by atoms with Gasteiger partial charge in [0.1, 0.15) is 0 Å². The van der Waals surface area contributed by atoms with Gasteiger partial charge in [-0.05, 0) is 0 Å². The second kappa shape index (κ2) is 11.2. The maximum absolute atomic E-state index is 2.43. The molecule has 1 aliphatic rings. The van der Waals surface area contributed by atoms with Gasteiger partial charge in [-0.25, -0.2) is 0 Å². The van der Waals surface area contributed by atoms with Crippen molar-refractivity contribution in [3.05, 3.63) is 210 Å². The fourth-order valence-corrected chi connectivity index (χ4v) is 10.9. The first kappa shape index (κ1) is 28.4. The van der Waals surface area contributed by atoms with Crippen LogP contribution in [0.5, 0.6) is 0 Å². The predicted molar refractivity (Wildman–Crippen MR) is 208 cm³/mol. The van der Waals surface area contributed by atoms with Gasteiger partial charge in [0.15, 0.2) is 0 Å². The quantitative estimate of drug-likeness (QED) is 0.163. The van der Waals surface area contributed by atoms with E-state index in [1.165, 1.54) is 69.1 Å². The molecule has 1 nitrogen and oxygen atoms in total. The van der Waals surface area contributed by atoms with E-state index < -0.39 is 5.41 Å². The van der Waals surface area contributed by atoms with Crippen LogP contribution in [0.3, 0.4) is 0 Å². The summed E-state index contributed by atoms with van der Waals surface area (Å²) in [6.45, 7) is 0. The van der Waals surface area contributed by atoms with E-state index in [4.69, 9.17) is 0 Å². The molecule has 0 unspecified atom stereocenters. The Bertz CT molecular complexity index is 2610. The SMILES string of the molecule is c1ccc(N(c2ccc(C3(c4ccccc4)c4ccccc4-c4ccccc43)cc2)c2ccc3c(c2)[se]c2c4ccccc4ccc32)cc1. The van der Waals surface area contributed by atoms with E-state index in [2.05, 4.69) is 193 Å². The Morgan fingerprint density at radius 1 is 0.388 bits per heavy atom. The number of benzene rings is 8. The molecule has 1 aliphatic carbocycles. The topological polar surface area (TPSA) is 3.24 Å². The molecule has 0 radical (unpaired) electrons. The molecule has 2 heteroatoms. The molecule has 8 aromatic carbocycles. The third kappa shape index (κ3) is 4.25. The summed E-state index contributed by atoms with van der Waals surface area (Å²) in [5, 5.41) is 5.47. The summed E-state index contributed by atoms with van der Waals surface area (Å²) in [7, 11) is 0. The van der Waals surface area contributed by atoms with Gasteiger partial charge in [-0.3, -0.25) is 0 Å². The number of rotatable bonds is 5. The summed E-state index contributed by atoms with van der Waals surface area (Å²) < 4.78 is 2.94. The fourth-order valence-electron chi connectivity index (χ4n) is 8.23. The van der Waals surface area contributed by atoms with Crippen LogP contribution in [-0.2, 0) is 5.41 Å². The molecule has 0 N–H and O–H groups in total. The average Bonchev–Trinajstić information content (AvgIpc) is 3.70. The van der Waals surface area contributed by atoms with Crippen LogP contribution in [-0.4, -0.2) is 14.5 Å². The van der Waals surface area contributed by atoms with Crippen molar-refractivity contribution in [2.24, 2.45) is 0 Å². The summed E-state index contributed by atoms with van der Waals surface area (Å²) in [6.07, 6.45) is 0. The van der Waals surface area contributed by atoms with Crippen LogP contribution in [0.15, 0.2) is 188 Å². The van der Waals surface area contributed by atoms with Crippen molar-refractivity contribution >= 4 is 61.6 Å². The molecular formula is C47H31NSe. The van der Waals surface area contributed by atoms with Crippen LogP contribution >= 0.6 is 0 Å². The van der Waals surface area contributed by atoms with Gasteiger partial charge >= 0.3 is 275 Å². The number of hydrogen-bond donors (Lipinski definition) is 0. The van der Waals surface area contributed by atoms with E-state index in [0.29, 0.717) is 0 Å². The summed E-state index contributed by atoms with van der Waals surface area (Å²) in [5.41, 5.74) is 10.9. The zero-order valence-electron chi connectivity index (χ0n) is 26.8. The summed E-state index contributed by atoms with van der Waals surface area (Å²) in [4.78, 5) is 2.41. The summed E-state index contributed by atoms with van der Waals surface area (Å²) >= 11 is 0.235. The molecular weight excluding hydrogens is 657 g/mol. The first-order chi connectivity index (χ1) is 24.3. The Labute approximate surface area is 292 Å². The fraction of sp³-hybridized carbons (Fsp3) is 0.0213. The van der Waals surface area contributed by atoms with Gasteiger partial charge in [-0.15, -0.1) is 0 Å². The normalized spacial score (nSPS) is 13.1. The number of para-hydroxylation sites is 1. The third-order valence-corrected chi connectivity index (χ3v) is 12.9. The Morgan fingerprint density at radius 3 is 1.67 bits per heavy atom. The van der Waals surface area contributed by atoms with E-state index in [0.717, 1.165) is 11.4 Å². The van der Waals surface area contributed by atoms with Crippen molar-refractivity contribution < 1.29 is 0 Å². The molecule has 49 heavy (non-hydrogen) atoms. The second-order valence-corrected chi connectivity index (χ2v) is 15.1. The van der Waals surface area contributed by atoms with Crippen molar-refractivity contribution in [3.63, 3.8) is 0 Å². The van der Waals surface area contributed by atoms with Gasteiger partial charge < -0.3 is 0 Å². The van der Waals surface area contributed by atoms with Crippen LogP contribution in [0.4, 0.5) is 17.1 Å². The summed E-state index contributed by atoms with van der Waals surface area (Å²) in [6, 6.07) is 69.5. The maximum atomic E-state index is 2.43. The molecule has 1 aromatic heterocycles. The first-order valence-electron chi connectivity index (χ1n) is 16.9. The molecule has 0 saturated carbocycles. The molecule has 230 valence electrons. The van der Waals surface area contributed by atoms with Crippen LogP contribution in [0, 0.1) is 0 Å². The van der Waals surface area contributed by atoms with Crippen molar-refractivity contribution in [2.45, 2.75) is 5.41 Å². The van der Waals surface area contributed by atoms with Crippen LogP contribution in [0.2, 0.25) is 0 Å². The molecule has 0 amide bonds. The zero-order chi connectivity index (χ0) is 32.4. The number of nitrogens with zero attached hydrogens (tertiary/aromatic N) is 1. The van der Waals surface area contributed by atoms with E-state index in [1.807, 2.05) is 0 Å². The summed E-state index contributed by atoms with van der Waals surface area (Å²) in [5.74, 6) is 0. The van der Waals surface area contributed by atoms with Crippen LogP contribution in [0.1, 0.15) is 22.3 Å². The Hall–Kier alpha value is -5.66. The van der Waals surface area contributed by atoms with Crippen molar-refractivity contribution in [1.82, 2.24) is 0 Å². The Balaban J connectivity index is 1.15. The first-order valence-corrected chi connectivity index (χ1v) is 18.6. The molecule has 1 heterocycles. The molecule has 10 rings (SSSR count). The van der Waals surface area contributed by atoms with Gasteiger partial charge in [0, 0.05) is 0 Å². The third-order valence-electron chi connectivity index (χ3n) is 10.3. The Kier molecular flexibility index (Phi) is 6.49. The monoisotopic (exact) mass is 689 g/mol. The number of anilines is 3. The van der Waals surface area contributed by atoms with Crippen molar-refractivity contribution in [2.75, 3.05) is 4.90 Å². The van der Waals surface area contributed by atoms with E-state index in [1.54, 1.807) is 0 Å². The van der Waals surface area contributed by atoms with Gasteiger partial charge in [-0.2, -0.15) is 0 Å². The average molecular weight is 689 g/mol. The van der Waals surface area contributed by atoms with Gasteiger partial charge in [0.05, 0.1) is 0 Å². The second-order valence-electron chi connectivity index (χ2n) is 12.9. The minimum atomic E-state index is -0.408. The van der Waals surface area contributed by atoms with Gasteiger partial charge in [0.2, 0.25) is 0 Å². The molecule has 9 aromatic rings. The van der Waals surface area contributed by atoms with Crippen molar-refractivity contribution in [1.29, 1.82) is 0 Å². The van der Waals surface area contributed by atoms with Crippen LogP contribution < -0.4 is 4.90 Å². The van der Waals surface area contributed by atoms with Gasteiger partial charge in [0.25, 0.3) is 0 Å².